The van der Waals surface area contributed by atoms with Crippen molar-refractivity contribution in [1.29, 1.82) is 0 Å². The summed E-state index contributed by atoms with van der Waals surface area (Å²) in [5.74, 6) is 0.762. The Labute approximate surface area is 194 Å². The van der Waals surface area contributed by atoms with Gasteiger partial charge in [-0.2, -0.15) is 5.10 Å². The van der Waals surface area contributed by atoms with E-state index in [4.69, 9.17) is 4.98 Å². The van der Waals surface area contributed by atoms with E-state index < -0.39 is 0 Å². The highest BCUT2D eigenvalue weighted by atomic mass is 16.3. The maximum absolute atomic E-state index is 9.41. The summed E-state index contributed by atoms with van der Waals surface area (Å²) in [7, 11) is 0. The molecule has 1 aromatic carbocycles. The second kappa shape index (κ2) is 9.24. The molecule has 3 N–H and O–H groups in total. The summed E-state index contributed by atoms with van der Waals surface area (Å²) in [5.41, 5.74) is 4.83. The summed E-state index contributed by atoms with van der Waals surface area (Å²) in [4.78, 5) is 16.6. The van der Waals surface area contributed by atoms with E-state index in [-0.39, 0.29) is 12.6 Å². The number of benzene rings is 1. The first kappa shape index (κ1) is 22.1. The van der Waals surface area contributed by atoms with Crippen LogP contribution in [0.15, 0.2) is 30.5 Å². The minimum absolute atomic E-state index is 0.212. The molecule has 9 heteroatoms. The van der Waals surface area contributed by atoms with Crippen LogP contribution in [0.1, 0.15) is 20.8 Å². The molecular weight excluding hydrogens is 416 g/mol. The maximum atomic E-state index is 9.41. The third kappa shape index (κ3) is 4.28. The summed E-state index contributed by atoms with van der Waals surface area (Å²) in [5, 5.41) is 20.5. The number of nitrogens with one attached hydrogen (secondary N) is 2. The van der Waals surface area contributed by atoms with Crippen molar-refractivity contribution in [3.05, 3.63) is 30.5 Å². The van der Waals surface area contributed by atoms with E-state index in [0.717, 1.165) is 67.5 Å². The van der Waals surface area contributed by atoms with Gasteiger partial charge in [-0.25, -0.2) is 9.97 Å². The highest BCUT2D eigenvalue weighted by Crippen LogP contribution is 2.29. The largest absolute Gasteiger partial charge is 0.395 e. The molecule has 2 saturated heterocycles. The lowest BCUT2D eigenvalue weighted by Gasteiger charge is -2.39. The van der Waals surface area contributed by atoms with Crippen molar-refractivity contribution < 1.29 is 5.11 Å². The van der Waals surface area contributed by atoms with E-state index in [1.807, 2.05) is 6.20 Å². The van der Waals surface area contributed by atoms with Crippen molar-refractivity contribution in [3.8, 4) is 11.3 Å². The summed E-state index contributed by atoms with van der Waals surface area (Å²) >= 11 is 0. The van der Waals surface area contributed by atoms with E-state index in [9.17, 15) is 5.11 Å². The normalized spacial score (nSPS) is 23.3. The molecule has 4 heterocycles. The number of nitrogens with zero attached hydrogens (tertiary/aromatic N) is 6. The third-order valence-electron chi connectivity index (χ3n) is 7.06. The molecule has 0 spiro atoms. The number of aliphatic hydroxyl groups excluding tert-OH is 1. The second-order valence-corrected chi connectivity index (χ2v) is 9.37. The molecule has 2 aliphatic heterocycles. The van der Waals surface area contributed by atoms with Crippen LogP contribution in [0.4, 0.5) is 11.6 Å². The first-order valence-electron chi connectivity index (χ1n) is 12.0. The summed E-state index contributed by atoms with van der Waals surface area (Å²) in [6.07, 6.45) is 1.84. The first-order chi connectivity index (χ1) is 16.0. The lowest BCUT2D eigenvalue weighted by molar-refractivity contribution is 0.128. The average molecular weight is 451 g/mol. The molecular formula is C24H34N8O. The molecule has 33 heavy (non-hydrogen) atoms. The van der Waals surface area contributed by atoms with Crippen molar-refractivity contribution in [3.63, 3.8) is 0 Å². The van der Waals surface area contributed by atoms with Gasteiger partial charge in [0.05, 0.1) is 12.8 Å². The number of anilines is 2. The molecule has 2 aliphatic rings. The monoisotopic (exact) mass is 450 g/mol. The lowest BCUT2D eigenvalue weighted by Crippen LogP contribution is -2.55. The van der Waals surface area contributed by atoms with Crippen molar-refractivity contribution in [2.75, 3.05) is 55.7 Å². The number of aliphatic hydroxyl groups is 1. The predicted molar refractivity (Wildman–Crippen MR) is 132 cm³/mol. The molecule has 9 nitrogen and oxygen atoms in total. The minimum atomic E-state index is 0.212. The molecule has 0 saturated carbocycles. The SMILES string of the molecule is CC(CO)N1CCN(c2ccc(-c3n[nH]c4cnc(N5[C@H](C)CNC[C@@H]5C)nc34)cc2)CC1. The fourth-order valence-electron chi connectivity index (χ4n) is 5.02. The highest BCUT2D eigenvalue weighted by Gasteiger charge is 2.27. The van der Waals surface area contributed by atoms with Crippen molar-refractivity contribution in [1.82, 2.24) is 30.4 Å². The van der Waals surface area contributed by atoms with Crippen molar-refractivity contribution >= 4 is 22.7 Å². The van der Waals surface area contributed by atoms with E-state index in [1.54, 1.807) is 0 Å². The number of hydrogen-bond donors (Lipinski definition) is 3. The molecule has 2 fully saturated rings. The van der Waals surface area contributed by atoms with Gasteiger partial charge in [-0.1, -0.05) is 12.1 Å². The fraction of sp³-hybridized carbons (Fsp3) is 0.542. The minimum Gasteiger partial charge on any atom is -0.395 e. The Balaban J connectivity index is 1.36. The maximum Gasteiger partial charge on any atom is 0.226 e. The first-order valence-corrected chi connectivity index (χ1v) is 12.0. The molecule has 176 valence electrons. The van der Waals surface area contributed by atoms with Crippen LogP contribution in [0.5, 0.6) is 0 Å². The fourth-order valence-corrected chi connectivity index (χ4v) is 5.02. The summed E-state index contributed by atoms with van der Waals surface area (Å²) < 4.78 is 0. The van der Waals surface area contributed by atoms with Crippen LogP contribution in [-0.2, 0) is 0 Å². The zero-order valence-corrected chi connectivity index (χ0v) is 19.7. The molecule has 3 aromatic rings. The topological polar surface area (TPSA) is 96.4 Å². The highest BCUT2D eigenvalue weighted by molar-refractivity contribution is 5.90. The quantitative estimate of drug-likeness (QED) is 0.541. The van der Waals surface area contributed by atoms with Gasteiger partial charge in [-0.15, -0.1) is 0 Å². The zero-order valence-electron chi connectivity index (χ0n) is 19.7. The van der Waals surface area contributed by atoms with E-state index in [0.29, 0.717) is 12.1 Å². The zero-order chi connectivity index (χ0) is 22.9. The number of rotatable bonds is 5. The van der Waals surface area contributed by atoms with Gasteiger partial charge in [0, 0.05) is 68.6 Å². The average Bonchev–Trinajstić information content (AvgIpc) is 3.27. The Morgan fingerprint density at radius 1 is 1.06 bits per heavy atom. The lowest BCUT2D eigenvalue weighted by atomic mass is 10.1. The Morgan fingerprint density at radius 2 is 1.76 bits per heavy atom. The Hall–Kier alpha value is -2.75. The molecule has 0 aliphatic carbocycles. The molecule has 5 rings (SSSR count). The van der Waals surface area contributed by atoms with E-state index >= 15 is 0 Å². The standard InChI is InChI=1S/C24H34N8O/c1-16-12-25-13-17(2)32(16)24-26-14-21-23(27-24)22(29-28-21)19-4-6-20(7-5-19)31-10-8-30(9-11-31)18(3)15-33/h4-7,14,16-18,25,33H,8-13,15H2,1-3H3,(H,28,29)/t16-,17+,18?. The van der Waals surface area contributed by atoms with Crippen LogP contribution < -0.4 is 15.1 Å². The smallest absolute Gasteiger partial charge is 0.226 e. The van der Waals surface area contributed by atoms with Gasteiger partial charge in [0.25, 0.3) is 0 Å². The summed E-state index contributed by atoms with van der Waals surface area (Å²) in [6, 6.07) is 9.49. The van der Waals surface area contributed by atoms with Crippen LogP contribution >= 0.6 is 0 Å². The van der Waals surface area contributed by atoms with Crippen LogP contribution in [0.3, 0.4) is 0 Å². The Kier molecular flexibility index (Phi) is 6.18. The van der Waals surface area contributed by atoms with Gasteiger partial charge in [-0.3, -0.25) is 10.00 Å². The van der Waals surface area contributed by atoms with Crippen LogP contribution in [0, 0.1) is 0 Å². The number of aromatic nitrogens is 4. The van der Waals surface area contributed by atoms with Crippen LogP contribution in [0.25, 0.3) is 22.3 Å². The van der Waals surface area contributed by atoms with Gasteiger partial charge in [0.1, 0.15) is 16.7 Å². The van der Waals surface area contributed by atoms with Gasteiger partial charge >= 0.3 is 0 Å². The molecule has 0 radical (unpaired) electrons. The van der Waals surface area contributed by atoms with Crippen molar-refractivity contribution in [2.45, 2.75) is 38.9 Å². The Bertz CT molecular complexity index is 1070. The predicted octanol–water partition coefficient (Wildman–Crippen LogP) is 1.71. The van der Waals surface area contributed by atoms with Gasteiger partial charge < -0.3 is 20.2 Å². The molecule has 1 unspecified atom stereocenters. The molecule has 0 amide bonds. The number of aromatic amines is 1. The van der Waals surface area contributed by atoms with E-state index in [1.165, 1.54) is 5.69 Å². The number of hydrogen-bond acceptors (Lipinski definition) is 8. The number of fused-ring (bicyclic) bond motifs is 1. The van der Waals surface area contributed by atoms with Crippen LogP contribution in [-0.4, -0.2) is 94.2 Å². The van der Waals surface area contributed by atoms with Gasteiger partial charge in [-0.05, 0) is 32.9 Å². The number of H-pyrrole nitrogens is 1. The van der Waals surface area contributed by atoms with E-state index in [2.05, 4.69) is 80.2 Å². The molecule has 0 bridgehead atoms. The summed E-state index contributed by atoms with van der Waals surface area (Å²) in [6.45, 7) is 12.4. The van der Waals surface area contributed by atoms with Crippen LogP contribution in [0.2, 0.25) is 0 Å². The number of piperazine rings is 2. The van der Waals surface area contributed by atoms with Crippen molar-refractivity contribution in [2.24, 2.45) is 0 Å². The third-order valence-corrected chi connectivity index (χ3v) is 7.06. The van der Waals surface area contributed by atoms with Gasteiger partial charge in [0.15, 0.2) is 0 Å². The van der Waals surface area contributed by atoms with Gasteiger partial charge in [0.2, 0.25) is 5.95 Å². The molecule has 2 aromatic heterocycles. The molecule has 3 atom stereocenters. The second-order valence-electron chi connectivity index (χ2n) is 9.37. The Morgan fingerprint density at radius 3 is 2.42 bits per heavy atom.